The van der Waals surface area contributed by atoms with E-state index in [1.807, 2.05) is 6.92 Å². The maximum absolute atomic E-state index is 10.5. The Kier molecular flexibility index (Phi) is 1.71. The fourth-order valence-corrected chi connectivity index (χ4v) is 0.669. The van der Waals surface area contributed by atoms with E-state index in [0.29, 0.717) is 5.69 Å². The predicted molar refractivity (Wildman–Crippen MR) is 36.4 cm³/mol. The Hall–Kier alpha value is -1.32. The van der Waals surface area contributed by atoms with Gasteiger partial charge in [0, 0.05) is 12.7 Å². The van der Waals surface area contributed by atoms with Crippen molar-refractivity contribution in [1.29, 1.82) is 0 Å². The molecular formula is C6H9N3O. The maximum atomic E-state index is 10.5. The van der Waals surface area contributed by atoms with Gasteiger partial charge in [0.15, 0.2) is 0 Å². The second-order valence-electron chi connectivity index (χ2n) is 1.92. The molecule has 0 radical (unpaired) electrons. The van der Waals surface area contributed by atoms with Crippen LogP contribution in [0, 0.1) is 0 Å². The molecule has 2 N–H and O–H groups in total. The minimum Gasteiger partial charge on any atom is -0.364 e. The third-order valence-electron chi connectivity index (χ3n) is 1.22. The number of nitrogens with zero attached hydrogens (tertiary/aromatic N) is 2. The van der Waals surface area contributed by atoms with Gasteiger partial charge >= 0.3 is 0 Å². The summed E-state index contributed by atoms with van der Waals surface area (Å²) in [6.45, 7) is 2.70. The molecule has 10 heavy (non-hydrogen) atoms. The van der Waals surface area contributed by atoms with E-state index in [-0.39, 0.29) is 0 Å². The van der Waals surface area contributed by atoms with Crippen molar-refractivity contribution in [2.24, 2.45) is 5.73 Å². The summed E-state index contributed by atoms with van der Waals surface area (Å²) in [4.78, 5) is 10.5. The highest BCUT2D eigenvalue weighted by molar-refractivity contribution is 5.90. The molecule has 0 saturated carbocycles. The summed E-state index contributed by atoms with van der Waals surface area (Å²) >= 11 is 0. The molecule has 0 aliphatic carbocycles. The van der Waals surface area contributed by atoms with Gasteiger partial charge in [0.25, 0.3) is 5.91 Å². The van der Waals surface area contributed by atoms with Crippen molar-refractivity contribution in [3.05, 3.63) is 18.0 Å². The van der Waals surface area contributed by atoms with Crippen molar-refractivity contribution in [2.75, 3.05) is 0 Å². The number of hydrogen-bond acceptors (Lipinski definition) is 2. The number of carbonyl (C=O) groups is 1. The van der Waals surface area contributed by atoms with Crippen LogP contribution in [0.5, 0.6) is 0 Å². The van der Waals surface area contributed by atoms with Crippen molar-refractivity contribution in [3.63, 3.8) is 0 Å². The highest BCUT2D eigenvalue weighted by atomic mass is 16.1. The Morgan fingerprint density at radius 3 is 2.90 bits per heavy atom. The van der Waals surface area contributed by atoms with Crippen LogP contribution >= 0.6 is 0 Å². The van der Waals surface area contributed by atoms with Crippen LogP contribution in [0.25, 0.3) is 0 Å². The average Bonchev–Trinajstić information content (AvgIpc) is 2.34. The molecule has 0 saturated heterocycles. The van der Waals surface area contributed by atoms with Gasteiger partial charge in [-0.05, 0) is 13.0 Å². The second-order valence-corrected chi connectivity index (χ2v) is 1.92. The summed E-state index contributed by atoms with van der Waals surface area (Å²) in [5.74, 6) is -0.479. The zero-order chi connectivity index (χ0) is 7.56. The summed E-state index contributed by atoms with van der Waals surface area (Å²) in [6, 6.07) is 1.60. The number of aryl methyl sites for hydroxylation is 1. The molecule has 0 unspecified atom stereocenters. The molecule has 0 aliphatic heterocycles. The third-order valence-corrected chi connectivity index (χ3v) is 1.22. The minimum absolute atomic E-state index is 0.321. The summed E-state index contributed by atoms with van der Waals surface area (Å²) < 4.78 is 1.65. The number of hydrogen-bond donors (Lipinski definition) is 1. The molecule has 0 bridgehead atoms. The van der Waals surface area contributed by atoms with Gasteiger partial charge in [-0.15, -0.1) is 0 Å². The Balaban J connectivity index is 2.88. The normalized spacial score (nSPS) is 9.70. The van der Waals surface area contributed by atoms with Crippen molar-refractivity contribution in [2.45, 2.75) is 13.5 Å². The Labute approximate surface area is 58.6 Å². The van der Waals surface area contributed by atoms with Gasteiger partial charge in [0.1, 0.15) is 5.69 Å². The fraction of sp³-hybridized carbons (Fsp3) is 0.333. The van der Waals surface area contributed by atoms with Crippen LogP contribution in [-0.2, 0) is 6.54 Å². The molecular weight excluding hydrogens is 130 g/mol. The Morgan fingerprint density at radius 2 is 2.60 bits per heavy atom. The van der Waals surface area contributed by atoms with E-state index in [9.17, 15) is 4.79 Å². The number of rotatable bonds is 2. The number of amides is 1. The van der Waals surface area contributed by atoms with Gasteiger partial charge in [0.05, 0.1) is 0 Å². The third kappa shape index (κ3) is 1.15. The lowest BCUT2D eigenvalue weighted by atomic mass is 10.4. The van der Waals surface area contributed by atoms with Crippen molar-refractivity contribution < 1.29 is 4.79 Å². The topological polar surface area (TPSA) is 60.9 Å². The molecule has 0 spiro atoms. The van der Waals surface area contributed by atoms with Crippen molar-refractivity contribution >= 4 is 5.91 Å². The Morgan fingerprint density at radius 1 is 1.90 bits per heavy atom. The number of nitrogens with two attached hydrogens (primary N) is 1. The van der Waals surface area contributed by atoms with Gasteiger partial charge in [0.2, 0.25) is 0 Å². The lowest BCUT2D eigenvalue weighted by Gasteiger charge is -1.90. The lowest BCUT2D eigenvalue weighted by molar-refractivity contribution is 0.0995. The van der Waals surface area contributed by atoms with Crippen LogP contribution in [-0.4, -0.2) is 15.7 Å². The first-order chi connectivity index (χ1) is 4.74. The van der Waals surface area contributed by atoms with Gasteiger partial charge in [-0.3, -0.25) is 9.48 Å². The van der Waals surface area contributed by atoms with Crippen LogP contribution in [0.2, 0.25) is 0 Å². The molecule has 4 heteroatoms. The standard InChI is InChI=1S/C6H9N3O/c1-2-9-4-3-5(8-9)6(7)10/h3-4H,2H2,1H3,(H2,7,10). The average molecular weight is 139 g/mol. The predicted octanol–water partition coefficient (Wildman–Crippen LogP) is 0.00190. The maximum Gasteiger partial charge on any atom is 0.269 e. The molecule has 1 aromatic rings. The molecule has 0 aliphatic rings. The molecule has 1 heterocycles. The van der Waals surface area contributed by atoms with Crippen LogP contribution in [0.1, 0.15) is 17.4 Å². The zero-order valence-corrected chi connectivity index (χ0v) is 5.74. The first kappa shape index (κ1) is 6.80. The van der Waals surface area contributed by atoms with E-state index in [1.54, 1.807) is 16.9 Å². The van der Waals surface area contributed by atoms with Gasteiger partial charge < -0.3 is 5.73 Å². The highest BCUT2D eigenvalue weighted by Crippen LogP contribution is 1.92. The van der Waals surface area contributed by atoms with Gasteiger partial charge in [-0.25, -0.2) is 0 Å². The summed E-state index contributed by atoms with van der Waals surface area (Å²) in [5, 5.41) is 3.87. The largest absolute Gasteiger partial charge is 0.364 e. The van der Waals surface area contributed by atoms with E-state index in [4.69, 9.17) is 5.73 Å². The number of carbonyl (C=O) groups excluding carboxylic acids is 1. The van der Waals surface area contributed by atoms with Crippen molar-refractivity contribution in [3.8, 4) is 0 Å². The second kappa shape index (κ2) is 2.51. The van der Waals surface area contributed by atoms with Crippen LogP contribution < -0.4 is 5.73 Å². The smallest absolute Gasteiger partial charge is 0.269 e. The number of primary amides is 1. The summed E-state index contributed by atoms with van der Waals surface area (Å²) in [5.41, 5.74) is 5.29. The number of aromatic nitrogens is 2. The lowest BCUT2D eigenvalue weighted by Crippen LogP contribution is -2.12. The highest BCUT2D eigenvalue weighted by Gasteiger charge is 2.01. The van der Waals surface area contributed by atoms with Crippen molar-refractivity contribution in [1.82, 2.24) is 9.78 Å². The van der Waals surface area contributed by atoms with Gasteiger partial charge in [-0.2, -0.15) is 5.10 Å². The SMILES string of the molecule is CCn1ccc(C(N)=O)n1. The molecule has 4 nitrogen and oxygen atoms in total. The minimum atomic E-state index is -0.479. The van der Waals surface area contributed by atoms with E-state index < -0.39 is 5.91 Å². The molecule has 1 rings (SSSR count). The first-order valence-electron chi connectivity index (χ1n) is 3.07. The molecule has 0 aromatic carbocycles. The molecule has 0 fully saturated rings. The van der Waals surface area contributed by atoms with E-state index in [0.717, 1.165) is 6.54 Å². The monoisotopic (exact) mass is 139 g/mol. The van der Waals surface area contributed by atoms with Crippen LogP contribution in [0.4, 0.5) is 0 Å². The van der Waals surface area contributed by atoms with E-state index in [2.05, 4.69) is 5.10 Å². The molecule has 1 amide bonds. The summed E-state index contributed by atoms with van der Waals surface area (Å²) in [7, 11) is 0. The van der Waals surface area contributed by atoms with Gasteiger partial charge in [-0.1, -0.05) is 0 Å². The first-order valence-corrected chi connectivity index (χ1v) is 3.07. The van der Waals surface area contributed by atoms with E-state index in [1.165, 1.54) is 0 Å². The zero-order valence-electron chi connectivity index (χ0n) is 5.74. The Bertz CT molecular complexity index is 241. The quantitative estimate of drug-likeness (QED) is 0.627. The molecule has 0 atom stereocenters. The fourth-order valence-electron chi connectivity index (χ4n) is 0.669. The van der Waals surface area contributed by atoms with E-state index >= 15 is 0 Å². The molecule has 54 valence electrons. The van der Waals surface area contributed by atoms with Crippen LogP contribution in [0.3, 0.4) is 0 Å². The van der Waals surface area contributed by atoms with Crippen LogP contribution in [0.15, 0.2) is 12.3 Å². The molecule has 1 aromatic heterocycles. The summed E-state index contributed by atoms with van der Waals surface area (Å²) in [6.07, 6.45) is 1.72.